The van der Waals surface area contributed by atoms with Gasteiger partial charge in [-0.15, -0.1) is 0 Å². The lowest BCUT2D eigenvalue weighted by atomic mass is 10.1. The molecule has 3 aromatic carbocycles. The van der Waals surface area contributed by atoms with Crippen molar-refractivity contribution in [3.05, 3.63) is 77.1 Å². The molecule has 0 aliphatic heterocycles. The second-order valence-electron chi connectivity index (χ2n) is 6.86. The molecule has 0 bridgehead atoms. The molecule has 0 spiro atoms. The Morgan fingerprint density at radius 2 is 1.62 bits per heavy atom. The molecule has 7 nitrogen and oxygen atoms in total. The van der Waals surface area contributed by atoms with E-state index < -0.39 is 10.0 Å². The Kier molecular flexibility index (Phi) is 5.92. The van der Waals surface area contributed by atoms with Gasteiger partial charge in [-0.3, -0.25) is 0 Å². The fourth-order valence-corrected chi connectivity index (χ4v) is 3.90. The molecule has 4 rings (SSSR count). The van der Waals surface area contributed by atoms with Gasteiger partial charge in [0.05, 0.1) is 30.2 Å². The summed E-state index contributed by atoms with van der Waals surface area (Å²) >= 11 is 6.20. The van der Waals surface area contributed by atoms with Crippen LogP contribution in [0.2, 0.25) is 5.02 Å². The quantitative estimate of drug-likeness (QED) is 0.457. The zero-order chi connectivity index (χ0) is 22.9. The van der Waals surface area contributed by atoms with Gasteiger partial charge in [0.2, 0.25) is 10.0 Å². The fourth-order valence-electron chi connectivity index (χ4n) is 3.21. The molecule has 1 aromatic heterocycles. The fraction of sp³-hybridized carbons (Fsp3) is 0.0870. The lowest BCUT2D eigenvalue weighted by Gasteiger charge is -2.10. The van der Waals surface area contributed by atoms with Crippen molar-refractivity contribution >= 4 is 38.3 Å². The van der Waals surface area contributed by atoms with Crippen LogP contribution in [0.25, 0.3) is 22.3 Å². The highest BCUT2D eigenvalue weighted by molar-refractivity contribution is 7.89. The Morgan fingerprint density at radius 3 is 2.28 bits per heavy atom. The third-order valence-electron chi connectivity index (χ3n) is 4.79. The van der Waals surface area contributed by atoms with E-state index >= 15 is 0 Å². The summed E-state index contributed by atoms with van der Waals surface area (Å²) in [5.74, 6) is 1.72. The Morgan fingerprint density at radius 1 is 0.906 bits per heavy atom. The minimum absolute atomic E-state index is 0.0124. The van der Waals surface area contributed by atoms with E-state index in [4.69, 9.17) is 30.6 Å². The molecule has 0 fully saturated rings. The maximum atomic E-state index is 11.5. The molecule has 0 aliphatic rings. The summed E-state index contributed by atoms with van der Waals surface area (Å²) in [5, 5.41) is 7.01. The number of primary sulfonamides is 1. The number of rotatable bonds is 5. The highest BCUT2D eigenvalue weighted by atomic mass is 35.5. The predicted molar refractivity (Wildman–Crippen MR) is 123 cm³/mol. The number of methoxy groups -OCH3 is 2. The van der Waals surface area contributed by atoms with Crippen molar-refractivity contribution in [2.24, 2.45) is 10.1 Å². The van der Waals surface area contributed by atoms with Crippen LogP contribution >= 0.6 is 11.6 Å². The van der Waals surface area contributed by atoms with Gasteiger partial charge in [0.15, 0.2) is 11.5 Å². The van der Waals surface area contributed by atoms with Gasteiger partial charge in [0, 0.05) is 22.0 Å². The molecule has 2 N–H and O–H groups in total. The largest absolute Gasteiger partial charge is 0.493 e. The summed E-state index contributed by atoms with van der Waals surface area (Å²) in [7, 11) is -0.652. The van der Waals surface area contributed by atoms with Crippen LogP contribution in [0.5, 0.6) is 11.5 Å². The Bertz CT molecular complexity index is 1480. The van der Waals surface area contributed by atoms with E-state index in [1.165, 1.54) is 12.1 Å². The highest BCUT2D eigenvalue weighted by Crippen LogP contribution is 2.33. The first-order chi connectivity index (χ1) is 15.3. The second-order valence-corrected chi connectivity index (χ2v) is 8.85. The predicted octanol–water partition coefficient (Wildman–Crippen LogP) is 4.65. The number of hydrogen-bond donors (Lipinski definition) is 1. The van der Waals surface area contributed by atoms with Gasteiger partial charge in [0.25, 0.3) is 0 Å². The minimum Gasteiger partial charge on any atom is -0.493 e. The zero-order valence-electron chi connectivity index (χ0n) is 17.2. The van der Waals surface area contributed by atoms with Crippen LogP contribution in [0.15, 0.2) is 81.0 Å². The zero-order valence-corrected chi connectivity index (χ0v) is 18.8. The number of ether oxygens (including phenoxy) is 2. The van der Waals surface area contributed by atoms with Crippen molar-refractivity contribution in [3.63, 3.8) is 0 Å². The van der Waals surface area contributed by atoms with Crippen molar-refractivity contribution < 1.29 is 22.3 Å². The van der Waals surface area contributed by atoms with Gasteiger partial charge in [-0.25, -0.2) is 18.5 Å². The molecule has 32 heavy (non-hydrogen) atoms. The molecule has 4 aromatic rings. The van der Waals surface area contributed by atoms with Crippen molar-refractivity contribution in [2.45, 2.75) is 4.90 Å². The van der Waals surface area contributed by atoms with Gasteiger partial charge in [-0.1, -0.05) is 11.6 Å². The van der Waals surface area contributed by atoms with Crippen LogP contribution in [-0.4, -0.2) is 22.6 Å². The van der Waals surface area contributed by atoms with Crippen LogP contribution in [0.4, 0.5) is 5.69 Å². The van der Waals surface area contributed by atoms with Gasteiger partial charge in [-0.05, 0) is 60.7 Å². The van der Waals surface area contributed by atoms with Gasteiger partial charge >= 0.3 is 0 Å². The molecule has 9 heteroatoms. The van der Waals surface area contributed by atoms with Crippen molar-refractivity contribution in [1.29, 1.82) is 0 Å². The molecular formula is C23H19ClN2O5S. The third-order valence-corrected chi connectivity index (χ3v) is 5.95. The van der Waals surface area contributed by atoms with Gasteiger partial charge < -0.3 is 13.9 Å². The summed E-state index contributed by atoms with van der Waals surface area (Å²) in [5.41, 5.74) is 1.89. The van der Waals surface area contributed by atoms with Crippen molar-refractivity contribution in [3.8, 4) is 22.8 Å². The van der Waals surface area contributed by atoms with Crippen LogP contribution in [-0.2, 0) is 10.0 Å². The maximum absolute atomic E-state index is 11.5. The molecule has 0 radical (unpaired) electrons. The molecule has 1 heterocycles. The number of benzene rings is 3. The third kappa shape index (κ3) is 4.47. The van der Waals surface area contributed by atoms with Crippen LogP contribution in [0, 0.1) is 0 Å². The Labute approximate surface area is 189 Å². The van der Waals surface area contributed by atoms with E-state index in [9.17, 15) is 8.42 Å². The lowest BCUT2D eigenvalue weighted by Crippen LogP contribution is -2.11. The molecule has 0 unspecified atom stereocenters. The first-order valence-electron chi connectivity index (χ1n) is 9.42. The van der Waals surface area contributed by atoms with Crippen molar-refractivity contribution in [1.82, 2.24) is 0 Å². The van der Waals surface area contributed by atoms with Crippen molar-refractivity contribution in [2.75, 3.05) is 14.2 Å². The molecule has 0 saturated carbocycles. The normalized spacial score (nSPS) is 12.2. The van der Waals surface area contributed by atoms with Gasteiger partial charge in [0.1, 0.15) is 11.3 Å². The van der Waals surface area contributed by atoms with E-state index in [1.807, 2.05) is 12.1 Å². The molecular weight excluding hydrogens is 452 g/mol. The van der Waals surface area contributed by atoms with Crippen LogP contribution < -0.4 is 20.0 Å². The summed E-state index contributed by atoms with van der Waals surface area (Å²) in [6, 6.07) is 18.5. The van der Waals surface area contributed by atoms with E-state index in [1.54, 1.807) is 56.7 Å². The molecule has 164 valence electrons. The van der Waals surface area contributed by atoms with E-state index in [0.29, 0.717) is 44.3 Å². The number of halogens is 1. The number of hydrogen-bond acceptors (Lipinski definition) is 6. The van der Waals surface area contributed by atoms with Gasteiger partial charge in [-0.2, -0.15) is 0 Å². The number of fused-ring (bicyclic) bond motifs is 1. The van der Waals surface area contributed by atoms with Crippen LogP contribution in [0.1, 0.15) is 0 Å². The summed E-state index contributed by atoms with van der Waals surface area (Å²) < 4.78 is 39.8. The monoisotopic (exact) mass is 470 g/mol. The molecule has 0 aliphatic carbocycles. The van der Waals surface area contributed by atoms with E-state index in [-0.39, 0.29) is 4.90 Å². The number of sulfonamides is 1. The SMILES string of the molecule is COc1ccc(-c2cc(=Nc3ccc(S(N)(=O)=O)cc3)c3cc(Cl)ccc3o2)cc1OC. The topological polar surface area (TPSA) is 104 Å². The average Bonchev–Trinajstić information content (AvgIpc) is 2.78. The number of nitrogens with two attached hydrogens (primary N) is 1. The Balaban J connectivity index is 1.92. The first-order valence-corrected chi connectivity index (χ1v) is 11.3. The maximum Gasteiger partial charge on any atom is 0.238 e. The average molecular weight is 471 g/mol. The lowest BCUT2D eigenvalue weighted by molar-refractivity contribution is 0.355. The van der Waals surface area contributed by atoms with E-state index in [0.717, 1.165) is 5.56 Å². The first kappa shape index (κ1) is 21.9. The minimum atomic E-state index is -3.78. The smallest absolute Gasteiger partial charge is 0.238 e. The van der Waals surface area contributed by atoms with Crippen LogP contribution in [0.3, 0.4) is 0 Å². The van der Waals surface area contributed by atoms with E-state index in [2.05, 4.69) is 4.99 Å². The standard InChI is InChI=1S/C23H19ClN2O5S/c1-29-21-9-3-14(11-23(21)30-2)22-13-19(18-12-15(24)4-10-20(18)31-22)26-16-5-7-17(8-6-16)32(25,27)28/h3-13H,1-2H3,(H2,25,27,28). The number of nitrogens with zero attached hydrogens (tertiary/aromatic N) is 1. The summed E-state index contributed by atoms with van der Waals surface area (Å²) in [4.78, 5) is 4.70. The second kappa shape index (κ2) is 8.66. The molecule has 0 amide bonds. The molecule has 0 saturated heterocycles. The Hall–Kier alpha value is -3.33. The highest BCUT2D eigenvalue weighted by Gasteiger charge is 2.11. The molecule has 0 atom stereocenters. The summed E-state index contributed by atoms with van der Waals surface area (Å²) in [6.45, 7) is 0. The summed E-state index contributed by atoms with van der Waals surface area (Å²) in [6.07, 6.45) is 0.